The molecule has 0 fully saturated rings. The van der Waals surface area contributed by atoms with E-state index in [2.05, 4.69) is 43.0 Å². The summed E-state index contributed by atoms with van der Waals surface area (Å²) in [6.07, 6.45) is 2.58. The van der Waals surface area contributed by atoms with Crippen LogP contribution >= 0.6 is 11.3 Å². The summed E-state index contributed by atoms with van der Waals surface area (Å²) < 4.78 is 0. The van der Waals surface area contributed by atoms with E-state index >= 15 is 0 Å². The van der Waals surface area contributed by atoms with Gasteiger partial charge in [-0.2, -0.15) is 0 Å². The van der Waals surface area contributed by atoms with E-state index in [1.807, 2.05) is 0 Å². The van der Waals surface area contributed by atoms with Crippen LogP contribution in [-0.2, 0) is 6.42 Å². The summed E-state index contributed by atoms with van der Waals surface area (Å²) in [5.41, 5.74) is 3.33. The number of aliphatic hydroxyl groups is 1. The number of aromatic nitrogens is 1. The summed E-state index contributed by atoms with van der Waals surface area (Å²) in [6.45, 7) is 5.11. The van der Waals surface area contributed by atoms with Gasteiger partial charge in [-0.1, -0.05) is 17.7 Å². The Labute approximate surface area is 123 Å². The third-order valence-electron chi connectivity index (χ3n) is 3.81. The fraction of sp³-hybridized carbons (Fsp3) is 0.438. The van der Waals surface area contributed by atoms with Gasteiger partial charge in [0.1, 0.15) is 0 Å². The molecule has 0 bridgehead atoms. The van der Waals surface area contributed by atoms with E-state index < -0.39 is 0 Å². The second-order valence-corrected chi connectivity index (χ2v) is 6.35. The Morgan fingerprint density at radius 2 is 2.10 bits per heavy atom. The van der Waals surface area contributed by atoms with Crippen molar-refractivity contribution in [2.75, 3.05) is 11.4 Å². The number of hydrogen-bond donors (Lipinski definition) is 1. The van der Waals surface area contributed by atoms with Crippen molar-refractivity contribution in [2.24, 2.45) is 0 Å². The molecule has 1 N–H and O–H groups in total. The molecule has 2 aromatic rings. The number of aryl methyl sites for hydroxylation is 2. The predicted molar refractivity (Wildman–Crippen MR) is 83.9 cm³/mol. The molecule has 20 heavy (non-hydrogen) atoms. The number of rotatable bonds is 3. The van der Waals surface area contributed by atoms with Crippen LogP contribution in [0.2, 0.25) is 0 Å². The maximum absolute atomic E-state index is 10.1. The van der Waals surface area contributed by atoms with Crippen molar-refractivity contribution in [1.29, 1.82) is 0 Å². The van der Waals surface area contributed by atoms with Crippen LogP contribution in [0.4, 0.5) is 10.8 Å². The molecule has 0 radical (unpaired) electrons. The molecule has 1 unspecified atom stereocenters. The molecule has 4 heteroatoms. The van der Waals surface area contributed by atoms with Gasteiger partial charge >= 0.3 is 0 Å². The van der Waals surface area contributed by atoms with E-state index in [9.17, 15) is 5.11 Å². The van der Waals surface area contributed by atoms with Gasteiger partial charge in [0.05, 0.1) is 11.8 Å². The largest absolute Gasteiger partial charge is 0.387 e. The second kappa shape index (κ2) is 5.54. The zero-order valence-electron chi connectivity index (χ0n) is 12.0. The van der Waals surface area contributed by atoms with Crippen molar-refractivity contribution in [2.45, 2.75) is 39.2 Å². The van der Waals surface area contributed by atoms with Gasteiger partial charge < -0.3 is 10.0 Å². The predicted octanol–water partition coefficient (Wildman–Crippen LogP) is 3.98. The molecule has 0 saturated heterocycles. The van der Waals surface area contributed by atoms with Crippen LogP contribution in [-0.4, -0.2) is 16.6 Å². The van der Waals surface area contributed by atoms with Gasteiger partial charge in [-0.05, 0) is 45.2 Å². The molecule has 1 aromatic heterocycles. The molecule has 3 nitrogen and oxygen atoms in total. The lowest BCUT2D eigenvalue weighted by Gasteiger charge is -2.20. The molecule has 1 aliphatic rings. The first-order chi connectivity index (χ1) is 9.69. The lowest BCUT2D eigenvalue weighted by molar-refractivity contribution is 0.153. The van der Waals surface area contributed by atoms with E-state index in [4.69, 9.17) is 4.98 Å². The van der Waals surface area contributed by atoms with E-state index in [0.717, 1.165) is 36.6 Å². The second-order valence-electron chi connectivity index (χ2n) is 5.29. The molecule has 1 aromatic carbocycles. The number of hydrogen-bond acceptors (Lipinski definition) is 4. The van der Waals surface area contributed by atoms with E-state index in [1.165, 1.54) is 16.1 Å². The highest BCUT2D eigenvalue weighted by Gasteiger charge is 2.24. The highest BCUT2D eigenvalue weighted by Crippen LogP contribution is 2.38. The van der Waals surface area contributed by atoms with Crippen molar-refractivity contribution >= 4 is 22.2 Å². The molecule has 3 rings (SSSR count). The molecule has 0 amide bonds. The van der Waals surface area contributed by atoms with Gasteiger partial charge in [0.2, 0.25) is 0 Å². The Morgan fingerprint density at radius 1 is 1.35 bits per heavy atom. The average molecular weight is 288 g/mol. The molecule has 0 aliphatic heterocycles. The standard InChI is InChI=1S/C16H20N2OS/c1-3-18(12-9-7-11(2)8-10-12)16-17-15-13(19)5-4-6-14(15)20-16/h7-10,13,19H,3-6H2,1-2H3. The van der Waals surface area contributed by atoms with Gasteiger partial charge in [0.15, 0.2) is 5.13 Å². The number of thiazole rings is 1. The maximum atomic E-state index is 10.1. The third kappa shape index (κ3) is 2.45. The van der Waals surface area contributed by atoms with Crippen molar-refractivity contribution in [3.63, 3.8) is 0 Å². The van der Waals surface area contributed by atoms with E-state index in [1.54, 1.807) is 11.3 Å². The Balaban J connectivity index is 1.95. The van der Waals surface area contributed by atoms with Crippen molar-refractivity contribution < 1.29 is 5.11 Å². The van der Waals surface area contributed by atoms with Crippen molar-refractivity contribution in [3.05, 3.63) is 40.4 Å². The molecular weight excluding hydrogens is 268 g/mol. The van der Waals surface area contributed by atoms with Crippen LogP contribution in [0, 0.1) is 6.92 Å². The quantitative estimate of drug-likeness (QED) is 0.928. The summed E-state index contributed by atoms with van der Waals surface area (Å²) >= 11 is 1.73. The number of benzene rings is 1. The molecular formula is C16H20N2OS. The molecule has 1 aliphatic carbocycles. The molecule has 0 spiro atoms. The first-order valence-corrected chi connectivity index (χ1v) is 8.02. The highest BCUT2D eigenvalue weighted by atomic mass is 32.1. The van der Waals surface area contributed by atoms with Gasteiger partial charge in [-0.25, -0.2) is 4.98 Å². The topological polar surface area (TPSA) is 36.4 Å². The van der Waals surface area contributed by atoms with Gasteiger partial charge in [-0.15, -0.1) is 11.3 Å². The molecule has 106 valence electrons. The number of aliphatic hydroxyl groups excluding tert-OH is 1. The van der Waals surface area contributed by atoms with Crippen molar-refractivity contribution in [3.8, 4) is 0 Å². The Hall–Kier alpha value is -1.39. The van der Waals surface area contributed by atoms with Gasteiger partial charge in [0, 0.05) is 17.1 Å². The average Bonchev–Trinajstić information content (AvgIpc) is 2.87. The molecule has 1 heterocycles. The zero-order chi connectivity index (χ0) is 14.1. The van der Waals surface area contributed by atoms with Crippen LogP contribution in [0.5, 0.6) is 0 Å². The minimum absolute atomic E-state index is 0.375. The summed E-state index contributed by atoms with van der Waals surface area (Å²) in [5.74, 6) is 0. The Kier molecular flexibility index (Phi) is 3.76. The number of anilines is 2. The number of nitrogens with zero attached hydrogens (tertiary/aromatic N) is 2. The molecule has 1 atom stereocenters. The summed E-state index contributed by atoms with van der Waals surface area (Å²) in [6, 6.07) is 8.52. The van der Waals surface area contributed by atoms with Crippen LogP contribution in [0.3, 0.4) is 0 Å². The van der Waals surface area contributed by atoms with E-state index in [0.29, 0.717) is 0 Å². The Bertz CT molecular complexity index is 591. The normalized spacial score (nSPS) is 17.9. The SMILES string of the molecule is CCN(c1ccc(C)cc1)c1nc2c(s1)CCCC2O. The fourth-order valence-electron chi connectivity index (χ4n) is 2.65. The summed E-state index contributed by atoms with van der Waals surface area (Å²) in [4.78, 5) is 8.17. The smallest absolute Gasteiger partial charge is 0.190 e. The first-order valence-electron chi connectivity index (χ1n) is 7.21. The minimum atomic E-state index is -0.375. The van der Waals surface area contributed by atoms with Crippen LogP contribution in [0.25, 0.3) is 0 Å². The lowest BCUT2D eigenvalue weighted by Crippen LogP contribution is -2.16. The monoisotopic (exact) mass is 288 g/mol. The van der Waals surface area contributed by atoms with Crippen LogP contribution in [0.1, 0.15) is 42.0 Å². The third-order valence-corrected chi connectivity index (χ3v) is 4.96. The van der Waals surface area contributed by atoms with Crippen molar-refractivity contribution in [1.82, 2.24) is 4.98 Å². The fourth-order valence-corrected chi connectivity index (χ4v) is 3.89. The van der Waals surface area contributed by atoms with Crippen LogP contribution in [0.15, 0.2) is 24.3 Å². The van der Waals surface area contributed by atoms with Crippen LogP contribution < -0.4 is 4.90 Å². The summed E-state index contributed by atoms with van der Waals surface area (Å²) in [5, 5.41) is 11.1. The zero-order valence-corrected chi connectivity index (χ0v) is 12.8. The maximum Gasteiger partial charge on any atom is 0.190 e. The Morgan fingerprint density at radius 3 is 2.75 bits per heavy atom. The minimum Gasteiger partial charge on any atom is -0.387 e. The van der Waals surface area contributed by atoms with Gasteiger partial charge in [-0.3, -0.25) is 0 Å². The number of fused-ring (bicyclic) bond motifs is 1. The summed E-state index contributed by atoms with van der Waals surface area (Å²) in [7, 11) is 0. The van der Waals surface area contributed by atoms with Gasteiger partial charge in [0.25, 0.3) is 0 Å². The van der Waals surface area contributed by atoms with E-state index in [-0.39, 0.29) is 6.10 Å². The highest BCUT2D eigenvalue weighted by molar-refractivity contribution is 7.15. The lowest BCUT2D eigenvalue weighted by atomic mass is 10.0. The first kappa shape index (κ1) is 13.6. The molecule has 0 saturated carbocycles.